The van der Waals surface area contributed by atoms with Gasteiger partial charge in [0.1, 0.15) is 18.0 Å². The molecule has 1 aromatic heterocycles. The minimum Gasteiger partial charge on any atom is -0.339 e. The van der Waals surface area contributed by atoms with E-state index in [0.29, 0.717) is 27.4 Å². The molecular weight excluding hydrogens is 377 g/mol. The van der Waals surface area contributed by atoms with Crippen LogP contribution in [-0.4, -0.2) is 9.97 Å². The number of nitrogens with two attached hydrogens (primary N) is 1. The summed E-state index contributed by atoms with van der Waals surface area (Å²) in [5, 5.41) is 4.04. The van der Waals surface area contributed by atoms with Crippen LogP contribution in [0.2, 0.25) is 10.0 Å². The van der Waals surface area contributed by atoms with Gasteiger partial charge in [0.05, 0.1) is 15.7 Å². The van der Waals surface area contributed by atoms with Gasteiger partial charge in [-0.25, -0.2) is 15.8 Å². The number of nitrogens with one attached hydrogen (secondary N) is 2. The summed E-state index contributed by atoms with van der Waals surface area (Å²) in [4.78, 5) is 8.39. The predicted octanol–water partition coefficient (Wildman–Crippen LogP) is 4.70. The SMILES string of the molecule is CC(C)c1c(NN)ncnc1Nc1ccc(Br)c(Cl)c1Cl. The van der Waals surface area contributed by atoms with E-state index in [1.807, 2.05) is 26.0 Å². The summed E-state index contributed by atoms with van der Waals surface area (Å²) in [5.41, 5.74) is 4.11. The quantitative estimate of drug-likeness (QED) is 0.400. The Morgan fingerprint density at radius 3 is 2.43 bits per heavy atom. The molecule has 0 amide bonds. The molecule has 0 radical (unpaired) electrons. The van der Waals surface area contributed by atoms with Crippen molar-refractivity contribution in [3.63, 3.8) is 0 Å². The Morgan fingerprint density at radius 1 is 1.14 bits per heavy atom. The first-order valence-corrected chi connectivity index (χ1v) is 7.72. The van der Waals surface area contributed by atoms with Crippen LogP contribution in [0, 0.1) is 0 Å². The maximum absolute atomic E-state index is 6.25. The highest BCUT2D eigenvalue weighted by Crippen LogP contribution is 2.38. The molecule has 0 atom stereocenters. The number of anilines is 3. The van der Waals surface area contributed by atoms with E-state index in [-0.39, 0.29) is 5.92 Å². The average molecular weight is 391 g/mol. The zero-order valence-electron chi connectivity index (χ0n) is 11.4. The van der Waals surface area contributed by atoms with E-state index in [1.165, 1.54) is 6.33 Å². The summed E-state index contributed by atoms with van der Waals surface area (Å²) in [7, 11) is 0. The van der Waals surface area contributed by atoms with Gasteiger partial charge in [-0.05, 0) is 34.0 Å². The maximum atomic E-state index is 6.25. The van der Waals surface area contributed by atoms with Crippen LogP contribution in [0.15, 0.2) is 22.9 Å². The molecule has 4 N–H and O–H groups in total. The topological polar surface area (TPSA) is 75.9 Å². The van der Waals surface area contributed by atoms with Gasteiger partial charge in [-0.1, -0.05) is 37.0 Å². The molecule has 112 valence electrons. The van der Waals surface area contributed by atoms with Crippen molar-refractivity contribution in [3.05, 3.63) is 38.5 Å². The minimum absolute atomic E-state index is 0.171. The zero-order chi connectivity index (χ0) is 15.6. The minimum atomic E-state index is 0.171. The van der Waals surface area contributed by atoms with Crippen LogP contribution in [0.3, 0.4) is 0 Å². The van der Waals surface area contributed by atoms with Crippen molar-refractivity contribution >= 4 is 56.5 Å². The first kappa shape index (κ1) is 16.3. The van der Waals surface area contributed by atoms with E-state index in [2.05, 4.69) is 36.6 Å². The number of aromatic nitrogens is 2. The number of nitrogens with zero attached hydrogens (tertiary/aromatic N) is 2. The third kappa shape index (κ3) is 3.40. The molecule has 0 unspecified atom stereocenters. The lowest BCUT2D eigenvalue weighted by atomic mass is 10.0. The van der Waals surface area contributed by atoms with Crippen molar-refractivity contribution in [3.8, 4) is 0 Å². The standard InChI is InChI=1S/C13H14BrCl2N5/c1-6(2)9-12(18-5-19-13(9)21-17)20-8-4-3-7(14)10(15)11(8)16/h3-6H,17H2,1-2H3,(H2,18,19,20,21). The van der Waals surface area contributed by atoms with E-state index in [1.54, 1.807) is 0 Å². The van der Waals surface area contributed by atoms with Gasteiger partial charge in [0.25, 0.3) is 0 Å². The first-order chi connectivity index (χ1) is 9.95. The Bertz CT molecular complexity index is 663. The molecule has 0 fully saturated rings. The van der Waals surface area contributed by atoms with E-state index in [0.717, 1.165) is 10.0 Å². The highest BCUT2D eigenvalue weighted by Gasteiger charge is 2.16. The molecule has 1 heterocycles. The molecule has 1 aromatic carbocycles. The van der Waals surface area contributed by atoms with E-state index < -0.39 is 0 Å². The van der Waals surface area contributed by atoms with Crippen molar-refractivity contribution in [2.24, 2.45) is 5.84 Å². The number of nitrogen functional groups attached to an aromatic ring is 1. The highest BCUT2D eigenvalue weighted by atomic mass is 79.9. The number of hydrazine groups is 1. The molecular formula is C13H14BrCl2N5. The lowest BCUT2D eigenvalue weighted by Gasteiger charge is -2.17. The molecule has 0 aliphatic carbocycles. The van der Waals surface area contributed by atoms with Gasteiger partial charge in [-0.15, -0.1) is 0 Å². The molecule has 21 heavy (non-hydrogen) atoms. The Balaban J connectivity index is 2.47. The van der Waals surface area contributed by atoms with Crippen molar-refractivity contribution in [1.29, 1.82) is 0 Å². The molecule has 2 rings (SSSR count). The first-order valence-electron chi connectivity index (χ1n) is 6.17. The predicted molar refractivity (Wildman–Crippen MR) is 91.4 cm³/mol. The van der Waals surface area contributed by atoms with Gasteiger partial charge < -0.3 is 10.7 Å². The second-order valence-corrected chi connectivity index (χ2v) is 6.24. The van der Waals surface area contributed by atoms with E-state index in [9.17, 15) is 0 Å². The van der Waals surface area contributed by atoms with Crippen LogP contribution in [0.4, 0.5) is 17.3 Å². The fourth-order valence-electron chi connectivity index (χ4n) is 1.91. The van der Waals surface area contributed by atoms with E-state index >= 15 is 0 Å². The average Bonchev–Trinajstić information content (AvgIpc) is 2.47. The monoisotopic (exact) mass is 389 g/mol. The second-order valence-electron chi connectivity index (χ2n) is 4.63. The third-order valence-corrected chi connectivity index (χ3v) is 4.66. The lowest BCUT2D eigenvalue weighted by molar-refractivity contribution is 0.850. The van der Waals surface area contributed by atoms with Crippen molar-refractivity contribution in [2.45, 2.75) is 19.8 Å². The third-order valence-electron chi connectivity index (χ3n) is 2.89. The van der Waals surface area contributed by atoms with Gasteiger partial charge in [-0.2, -0.15) is 0 Å². The Morgan fingerprint density at radius 2 is 1.81 bits per heavy atom. The Labute approximate surface area is 141 Å². The fourth-order valence-corrected chi connectivity index (χ4v) is 2.73. The van der Waals surface area contributed by atoms with Crippen LogP contribution >= 0.6 is 39.1 Å². The molecule has 0 bridgehead atoms. The zero-order valence-corrected chi connectivity index (χ0v) is 14.5. The van der Waals surface area contributed by atoms with Crippen molar-refractivity contribution < 1.29 is 0 Å². The molecule has 8 heteroatoms. The van der Waals surface area contributed by atoms with Crippen LogP contribution in [0.1, 0.15) is 25.3 Å². The normalized spacial score (nSPS) is 10.8. The van der Waals surface area contributed by atoms with Gasteiger partial charge in [0.2, 0.25) is 0 Å². The highest BCUT2D eigenvalue weighted by molar-refractivity contribution is 9.10. The van der Waals surface area contributed by atoms with Gasteiger partial charge in [-0.3, -0.25) is 0 Å². The summed E-state index contributed by atoms with van der Waals surface area (Å²) < 4.78 is 0.732. The summed E-state index contributed by atoms with van der Waals surface area (Å²) in [6.07, 6.45) is 1.43. The molecule has 5 nitrogen and oxygen atoms in total. The molecule has 0 aliphatic heterocycles. The van der Waals surface area contributed by atoms with Crippen LogP contribution in [0.5, 0.6) is 0 Å². The van der Waals surface area contributed by atoms with Crippen LogP contribution in [0.25, 0.3) is 0 Å². The summed E-state index contributed by atoms with van der Waals surface area (Å²) >= 11 is 15.7. The molecule has 0 saturated heterocycles. The number of benzene rings is 1. The van der Waals surface area contributed by atoms with Crippen LogP contribution < -0.4 is 16.6 Å². The smallest absolute Gasteiger partial charge is 0.148 e. The van der Waals surface area contributed by atoms with Crippen molar-refractivity contribution in [1.82, 2.24) is 9.97 Å². The van der Waals surface area contributed by atoms with Gasteiger partial charge in [0, 0.05) is 10.0 Å². The van der Waals surface area contributed by atoms with Gasteiger partial charge >= 0.3 is 0 Å². The summed E-state index contributed by atoms with van der Waals surface area (Å²) in [6.45, 7) is 4.06. The largest absolute Gasteiger partial charge is 0.339 e. The Kier molecular flexibility index (Phi) is 5.27. The Hall–Kier alpha value is -1.08. The fraction of sp³-hybridized carbons (Fsp3) is 0.231. The second kappa shape index (κ2) is 6.79. The summed E-state index contributed by atoms with van der Waals surface area (Å²) in [6, 6.07) is 3.63. The molecule has 2 aromatic rings. The van der Waals surface area contributed by atoms with Gasteiger partial charge in [0.15, 0.2) is 0 Å². The molecule has 0 saturated carbocycles. The molecule has 0 aliphatic rings. The lowest BCUT2D eigenvalue weighted by Crippen LogP contribution is -2.14. The van der Waals surface area contributed by atoms with Crippen LogP contribution in [-0.2, 0) is 0 Å². The number of rotatable bonds is 4. The molecule has 0 spiro atoms. The van der Waals surface area contributed by atoms with Crippen molar-refractivity contribution in [2.75, 3.05) is 10.7 Å². The van der Waals surface area contributed by atoms with E-state index in [4.69, 9.17) is 29.0 Å². The number of halogens is 3. The number of hydrogen-bond donors (Lipinski definition) is 3. The number of hydrogen-bond acceptors (Lipinski definition) is 5. The summed E-state index contributed by atoms with van der Waals surface area (Å²) in [5.74, 6) is 6.88. The maximum Gasteiger partial charge on any atom is 0.148 e.